The van der Waals surface area contributed by atoms with Crippen molar-refractivity contribution in [2.75, 3.05) is 64.9 Å². The molecule has 0 spiro atoms. The number of carbonyl (C=O) groups is 7. The van der Waals surface area contributed by atoms with Crippen LogP contribution in [-0.4, -0.2) is 125 Å². The molecular weight excluding hydrogens is 1130 g/mol. The lowest BCUT2D eigenvalue weighted by Gasteiger charge is -2.18. The molecule has 2 unspecified atom stereocenters. The maximum absolute atomic E-state index is 13.5. The quantitative estimate of drug-likeness (QED) is 0.00719. The Morgan fingerprint density at radius 3 is 1.66 bits per heavy atom. The number of para-hydroxylation sites is 1. The predicted molar refractivity (Wildman–Crippen MR) is 319 cm³/mol. The van der Waals surface area contributed by atoms with Crippen LogP contribution in [0.2, 0.25) is 0 Å². The highest BCUT2D eigenvalue weighted by atomic mass is 32.1. The average molecular weight is 1200 g/mol. The highest BCUT2D eigenvalue weighted by molar-refractivity contribution is 7.22. The fraction of sp³-hybridized carbons (Fsp3) is 0.266. The molecule has 0 fully saturated rings. The number of anilines is 1. The van der Waals surface area contributed by atoms with Gasteiger partial charge in [0, 0.05) is 55.9 Å². The third kappa shape index (κ3) is 23.1. The first-order chi connectivity index (χ1) is 41.8. The topological polar surface area (TPSA) is 258 Å². The fourth-order valence-electron chi connectivity index (χ4n) is 7.45. The number of hydrazone groups is 1. The van der Waals surface area contributed by atoms with Gasteiger partial charge in [-0.2, -0.15) is 5.10 Å². The molecule has 0 amide bonds. The number of carbonyl (C=O) groups excluding carboxylic acids is 7. The van der Waals surface area contributed by atoms with Gasteiger partial charge in [0.2, 0.25) is 5.13 Å². The predicted octanol–water partition coefficient (Wildman–Crippen LogP) is 9.98. The number of rotatable bonds is 38. The van der Waals surface area contributed by atoms with Gasteiger partial charge >= 0.3 is 41.8 Å². The molecule has 0 saturated heterocycles. The molecule has 0 aliphatic heterocycles. The van der Waals surface area contributed by atoms with E-state index in [4.69, 9.17) is 52.1 Å². The molecule has 21 nitrogen and oxygen atoms in total. The van der Waals surface area contributed by atoms with Crippen LogP contribution in [0.1, 0.15) is 74.3 Å². The summed E-state index contributed by atoms with van der Waals surface area (Å²) in [6.07, 6.45) is 7.37. The van der Waals surface area contributed by atoms with Crippen LogP contribution in [-0.2, 0) is 58.8 Å². The van der Waals surface area contributed by atoms with Crippen molar-refractivity contribution in [1.29, 1.82) is 0 Å². The van der Waals surface area contributed by atoms with Crippen molar-refractivity contribution in [3.8, 4) is 23.0 Å². The number of hydrogen-bond acceptors (Lipinski definition) is 22. The van der Waals surface area contributed by atoms with E-state index < -0.39 is 54.0 Å². The molecule has 1 N–H and O–H groups in total. The number of nitrogens with one attached hydrogen (secondary N) is 1. The average Bonchev–Trinajstić information content (AvgIpc) is 4.03. The van der Waals surface area contributed by atoms with Crippen LogP contribution in [0.25, 0.3) is 10.2 Å². The Morgan fingerprint density at radius 1 is 0.523 bits per heavy atom. The van der Waals surface area contributed by atoms with Crippen molar-refractivity contribution in [2.24, 2.45) is 5.10 Å². The van der Waals surface area contributed by atoms with E-state index >= 15 is 0 Å². The molecule has 86 heavy (non-hydrogen) atoms. The zero-order valence-corrected chi connectivity index (χ0v) is 47.9. The molecule has 0 radical (unpaired) electrons. The zero-order chi connectivity index (χ0) is 61.3. The smallest absolute Gasteiger partial charge is 0.343 e. The van der Waals surface area contributed by atoms with Gasteiger partial charge in [-0.3, -0.25) is 5.43 Å². The van der Waals surface area contributed by atoms with E-state index in [0.29, 0.717) is 67.5 Å². The number of esters is 7. The first-order valence-electron chi connectivity index (χ1n) is 27.2. The molecule has 1 aromatic heterocycles. The van der Waals surface area contributed by atoms with Gasteiger partial charge in [0.05, 0.1) is 72.8 Å². The normalized spacial score (nSPS) is 11.5. The summed E-state index contributed by atoms with van der Waals surface area (Å²) in [5, 5.41) is 4.94. The molecule has 22 heteroatoms. The van der Waals surface area contributed by atoms with Gasteiger partial charge in [-0.25, -0.2) is 38.5 Å². The molecular formula is C64H65N3O18S. The van der Waals surface area contributed by atoms with E-state index in [1.165, 1.54) is 53.9 Å². The van der Waals surface area contributed by atoms with Crippen LogP contribution >= 0.6 is 11.3 Å². The maximum atomic E-state index is 13.5. The minimum Gasteiger partial charge on any atom is -0.493 e. The van der Waals surface area contributed by atoms with E-state index in [1.807, 2.05) is 24.3 Å². The van der Waals surface area contributed by atoms with Crippen LogP contribution in [0.3, 0.4) is 0 Å². The number of thiazole rings is 1. The second-order valence-electron chi connectivity index (χ2n) is 18.2. The van der Waals surface area contributed by atoms with Crippen molar-refractivity contribution in [2.45, 2.75) is 50.7 Å². The standard InChI is InChI=1S/C64H65N3O18S/c1-5-57(68)78-35-13-11-33-75-41-52(82-59(70)7-3)32-38-77-49-24-18-47(19-25-49)63(74)85-55-30-17-44(39-48(55)40-65-67-64-66-54-15-9-10-16-56(54)86-64)31-37-80-61(72)45-22-28-51(29-23-45)84-62(73)46-20-26-50(27-21-46)81-43-53(83-60(71)8-4)42-76-34-12-14-36-79-58(69)6-2/h5-10,15-30,39-40,52-53H,1-4,11-14,31-38,41-43H2,(H,66,67)/b65-40+. The molecule has 0 bridgehead atoms. The summed E-state index contributed by atoms with van der Waals surface area (Å²) in [6.45, 7) is 15.0. The number of nitrogens with zero attached hydrogens (tertiary/aromatic N) is 2. The first-order valence-corrected chi connectivity index (χ1v) is 28.0. The Kier molecular flexibility index (Phi) is 27.4. The Balaban J connectivity index is 0.982. The summed E-state index contributed by atoms with van der Waals surface area (Å²) in [5.41, 5.74) is 5.59. The number of benzene rings is 5. The molecule has 0 aliphatic rings. The Hall–Kier alpha value is -9.77. The molecule has 5 aromatic carbocycles. The van der Waals surface area contributed by atoms with E-state index in [1.54, 1.807) is 54.6 Å². The number of fused-ring (bicyclic) bond motifs is 1. The highest BCUT2D eigenvalue weighted by Crippen LogP contribution is 2.27. The summed E-state index contributed by atoms with van der Waals surface area (Å²) in [7, 11) is 0. The van der Waals surface area contributed by atoms with Gasteiger partial charge in [-0.05, 0) is 128 Å². The summed E-state index contributed by atoms with van der Waals surface area (Å²) in [4.78, 5) is 90.6. The first kappa shape index (κ1) is 65.4. The minimum absolute atomic E-state index is 0.0118. The van der Waals surface area contributed by atoms with Gasteiger partial charge in [0.25, 0.3) is 0 Å². The highest BCUT2D eigenvalue weighted by Gasteiger charge is 2.19. The van der Waals surface area contributed by atoms with Gasteiger partial charge < -0.3 is 52.1 Å². The molecule has 450 valence electrons. The third-order valence-corrected chi connectivity index (χ3v) is 12.8. The summed E-state index contributed by atoms with van der Waals surface area (Å²) in [5.74, 6) is -2.96. The van der Waals surface area contributed by atoms with Crippen molar-refractivity contribution in [1.82, 2.24) is 4.98 Å². The van der Waals surface area contributed by atoms with Gasteiger partial charge in [-0.1, -0.05) is 55.9 Å². The van der Waals surface area contributed by atoms with Crippen molar-refractivity contribution in [3.63, 3.8) is 0 Å². The van der Waals surface area contributed by atoms with Gasteiger partial charge in [-0.15, -0.1) is 0 Å². The lowest BCUT2D eigenvalue weighted by atomic mass is 10.1. The number of unbranched alkanes of at least 4 members (excludes halogenated alkanes) is 2. The van der Waals surface area contributed by atoms with Gasteiger partial charge in [0.1, 0.15) is 35.7 Å². The molecule has 2 atom stereocenters. The lowest BCUT2D eigenvalue weighted by Crippen LogP contribution is -2.29. The monoisotopic (exact) mass is 1200 g/mol. The second kappa shape index (κ2) is 36.1. The van der Waals surface area contributed by atoms with Crippen LogP contribution < -0.4 is 24.4 Å². The number of hydrogen-bond donors (Lipinski definition) is 1. The van der Waals surface area contributed by atoms with Gasteiger partial charge in [0.15, 0.2) is 6.10 Å². The van der Waals surface area contributed by atoms with Crippen LogP contribution in [0.5, 0.6) is 23.0 Å². The third-order valence-electron chi connectivity index (χ3n) is 11.9. The zero-order valence-electron chi connectivity index (χ0n) is 47.1. The Labute approximate surface area is 500 Å². The maximum Gasteiger partial charge on any atom is 0.343 e. The fourth-order valence-corrected chi connectivity index (χ4v) is 8.26. The van der Waals surface area contributed by atoms with E-state index in [9.17, 15) is 33.6 Å². The largest absolute Gasteiger partial charge is 0.493 e. The molecule has 6 aromatic rings. The second-order valence-corrected chi connectivity index (χ2v) is 19.3. The Morgan fingerprint density at radius 2 is 1.06 bits per heavy atom. The van der Waals surface area contributed by atoms with E-state index in [2.05, 4.69) is 41.8 Å². The van der Waals surface area contributed by atoms with Crippen molar-refractivity contribution < 1.29 is 85.7 Å². The molecule has 6 rings (SSSR count). The number of ether oxygens (including phenoxy) is 11. The molecule has 0 aliphatic carbocycles. The van der Waals surface area contributed by atoms with Crippen LogP contribution in [0, 0.1) is 0 Å². The lowest BCUT2D eigenvalue weighted by molar-refractivity contribution is -0.148. The number of aromatic nitrogens is 1. The summed E-state index contributed by atoms with van der Waals surface area (Å²) < 4.78 is 61.7. The van der Waals surface area contributed by atoms with E-state index in [-0.39, 0.29) is 80.9 Å². The summed E-state index contributed by atoms with van der Waals surface area (Å²) >= 11 is 1.42. The Bertz CT molecular complexity index is 3250. The van der Waals surface area contributed by atoms with E-state index in [0.717, 1.165) is 40.1 Å². The summed E-state index contributed by atoms with van der Waals surface area (Å²) in [6, 6.07) is 31.1. The molecule has 1 heterocycles. The van der Waals surface area contributed by atoms with Crippen molar-refractivity contribution in [3.05, 3.63) is 194 Å². The SMILES string of the molecule is C=CC(=O)OCCCCOCC(CCOc1ccc(C(=O)Oc2ccc(CCOC(=O)c3ccc(OC(=O)c4ccc(OCC(COCCCCOC(=O)C=C)OC(=O)C=C)cc4)cc3)cc2/C=N/Nc2nc3ccccc3s2)cc1)OC(=O)C=C. The van der Waals surface area contributed by atoms with Crippen molar-refractivity contribution >= 4 is 74.7 Å². The molecule has 0 saturated carbocycles. The minimum atomic E-state index is -0.762. The van der Waals surface area contributed by atoms with Crippen LogP contribution in [0.4, 0.5) is 5.13 Å². The van der Waals surface area contributed by atoms with Crippen LogP contribution in [0.15, 0.2) is 171 Å².